The lowest BCUT2D eigenvalue weighted by atomic mass is 10.2. The van der Waals surface area contributed by atoms with Gasteiger partial charge in [-0.1, -0.05) is 0 Å². The summed E-state index contributed by atoms with van der Waals surface area (Å²) >= 11 is 1.77. The lowest BCUT2D eigenvalue weighted by Crippen LogP contribution is -2.44. The number of hydrogen-bond acceptors (Lipinski definition) is 3. The van der Waals surface area contributed by atoms with Gasteiger partial charge < -0.3 is 15.4 Å². The van der Waals surface area contributed by atoms with Crippen LogP contribution in [0.4, 0.5) is 8.78 Å². The Morgan fingerprint density at radius 1 is 1.27 bits per heavy atom. The Bertz CT molecular complexity index is 510. The van der Waals surface area contributed by atoms with Crippen LogP contribution in [-0.2, 0) is 0 Å². The molecule has 7 heteroatoms. The minimum absolute atomic E-state index is 0.111. The van der Waals surface area contributed by atoms with Gasteiger partial charge in [0.1, 0.15) is 12.4 Å². The van der Waals surface area contributed by atoms with Crippen molar-refractivity contribution in [2.45, 2.75) is 18.6 Å². The van der Waals surface area contributed by atoms with Gasteiger partial charge in [-0.3, -0.25) is 4.99 Å². The molecule has 1 aromatic rings. The predicted molar refractivity (Wildman–Crippen MR) is 88.8 cm³/mol. The van der Waals surface area contributed by atoms with Gasteiger partial charge in [0, 0.05) is 24.4 Å². The van der Waals surface area contributed by atoms with Crippen LogP contribution in [0, 0.1) is 11.6 Å². The monoisotopic (exact) mass is 331 g/mol. The summed E-state index contributed by atoms with van der Waals surface area (Å²) in [5, 5.41) is 6.33. The first-order valence-corrected chi connectivity index (χ1v) is 8.18. The molecule has 0 aromatic heterocycles. The molecule has 0 unspecified atom stereocenters. The Hall–Kier alpha value is -1.50. The standard InChI is InChI=1S/C15H23F2N3OS/c1-15(2,22-4)10-20-14(18-3)19-7-8-21-11-5-6-12(16)13(17)9-11/h5-6,9H,7-8,10H2,1-4H3,(H2,18,19,20). The molecule has 0 aliphatic heterocycles. The molecular weight excluding hydrogens is 308 g/mol. The summed E-state index contributed by atoms with van der Waals surface area (Å²) in [5.74, 6) is -0.822. The highest BCUT2D eigenvalue weighted by atomic mass is 32.2. The van der Waals surface area contributed by atoms with E-state index in [0.29, 0.717) is 24.9 Å². The van der Waals surface area contributed by atoms with Gasteiger partial charge in [-0.2, -0.15) is 11.8 Å². The summed E-state index contributed by atoms with van der Waals surface area (Å²) < 4.78 is 31.3. The molecule has 0 saturated heterocycles. The summed E-state index contributed by atoms with van der Waals surface area (Å²) in [7, 11) is 1.69. The molecule has 0 heterocycles. The summed E-state index contributed by atoms with van der Waals surface area (Å²) in [6, 6.07) is 3.47. The van der Waals surface area contributed by atoms with Crippen molar-refractivity contribution in [2.75, 3.05) is 33.0 Å². The molecule has 1 rings (SSSR count). The van der Waals surface area contributed by atoms with Crippen LogP contribution in [0.25, 0.3) is 0 Å². The molecule has 1 aromatic carbocycles. The van der Waals surface area contributed by atoms with Gasteiger partial charge >= 0.3 is 0 Å². The van der Waals surface area contributed by atoms with E-state index in [4.69, 9.17) is 4.74 Å². The molecule has 0 saturated carbocycles. The van der Waals surface area contributed by atoms with E-state index >= 15 is 0 Å². The average Bonchev–Trinajstić information content (AvgIpc) is 2.50. The number of hydrogen-bond donors (Lipinski definition) is 2. The van der Waals surface area contributed by atoms with E-state index in [1.807, 2.05) is 0 Å². The van der Waals surface area contributed by atoms with Crippen LogP contribution in [0.5, 0.6) is 5.75 Å². The minimum Gasteiger partial charge on any atom is -0.492 e. The van der Waals surface area contributed by atoms with Crippen molar-refractivity contribution in [3.63, 3.8) is 0 Å². The van der Waals surface area contributed by atoms with Gasteiger partial charge in [0.15, 0.2) is 17.6 Å². The molecule has 4 nitrogen and oxygen atoms in total. The van der Waals surface area contributed by atoms with E-state index in [2.05, 4.69) is 35.7 Å². The van der Waals surface area contributed by atoms with Crippen LogP contribution < -0.4 is 15.4 Å². The first-order chi connectivity index (χ1) is 10.4. The second-order valence-electron chi connectivity index (χ2n) is 5.24. The number of nitrogens with one attached hydrogen (secondary N) is 2. The third-order valence-electron chi connectivity index (χ3n) is 3.01. The zero-order valence-corrected chi connectivity index (χ0v) is 14.2. The summed E-state index contributed by atoms with van der Waals surface area (Å²) in [6.45, 7) is 5.88. The Kier molecular flexibility index (Phi) is 7.44. The molecule has 2 N–H and O–H groups in total. The van der Waals surface area contributed by atoms with Crippen LogP contribution in [0.1, 0.15) is 13.8 Å². The molecule has 0 radical (unpaired) electrons. The van der Waals surface area contributed by atoms with Crippen molar-refractivity contribution in [1.82, 2.24) is 10.6 Å². The lowest BCUT2D eigenvalue weighted by molar-refractivity contribution is 0.318. The summed E-state index contributed by atoms with van der Waals surface area (Å²) in [6.07, 6.45) is 2.06. The summed E-state index contributed by atoms with van der Waals surface area (Å²) in [5.41, 5.74) is 0. The Labute approximate surface area is 134 Å². The molecule has 124 valence electrons. The third-order valence-corrected chi connectivity index (χ3v) is 4.26. The van der Waals surface area contributed by atoms with Crippen LogP contribution in [0.2, 0.25) is 0 Å². The van der Waals surface area contributed by atoms with Gasteiger partial charge in [0.05, 0.1) is 6.54 Å². The Morgan fingerprint density at radius 3 is 2.59 bits per heavy atom. The summed E-state index contributed by atoms with van der Waals surface area (Å²) in [4.78, 5) is 4.12. The van der Waals surface area contributed by atoms with Gasteiger partial charge in [0.2, 0.25) is 0 Å². The fourth-order valence-electron chi connectivity index (χ4n) is 1.49. The lowest BCUT2D eigenvalue weighted by Gasteiger charge is -2.23. The minimum atomic E-state index is -0.915. The van der Waals surface area contributed by atoms with Crippen LogP contribution >= 0.6 is 11.8 Å². The number of halogens is 2. The van der Waals surface area contributed by atoms with E-state index in [9.17, 15) is 8.78 Å². The molecule has 0 aliphatic carbocycles. The molecule has 0 bridgehead atoms. The number of thioether (sulfide) groups is 1. The molecular formula is C15H23F2N3OS. The number of benzene rings is 1. The number of nitrogens with zero attached hydrogens (tertiary/aromatic N) is 1. The molecule has 0 aliphatic rings. The van der Waals surface area contributed by atoms with E-state index in [0.717, 1.165) is 18.7 Å². The average molecular weight is 331 g/mol. The first kappa shape index (κ1) is 18.5. The molecule has 0 amide bonds. The highest BCUT2D eigenvalue weighted by Gasteiger charge is 2.15. The second-order valence-corrected chi connectivity index (χ2v) is 6.75. The van der Waals surface area contributed by atoms with Crippen molar-refractivity contribution in [3.8, 4) is 5.75 Å². The molecule has 0 spiro atoms. The normalized spacial score (nSPS) is 12.2. The zero-order valence-electron chi connectivity index (χ0n) is 13.4. The molecule has 0 atom stereocenters. The predicted octanol–water partition coefficient (Wildman–Crippen LogP) is 2.65. The highest BCUT2D eigenvalue weighted by molar-refractivity contribution is 7.99. The maximum absolute atomic E-state index is 13.0. The van der Waals surface area contributed by atoms with Gasteiger partial charge in [-0.15, -0.1) is 0 Å². The fraction of sp³-hybridized carbons (Fsp3) is 0.533. The van der Waals surface area contributed by atoms with Crippen LogP contribution in [-0.4, -0.2) is 43.7 Å². The third kappa shape index (κ3) is 6.51. The maximum atomic E-state index is 13.0. The number of ether oxygens (including phenoxy) is 1. The van der Waals surface area contributed by atoms with Crippen LogP contribution in [0.3, 0.4) is 0 Å². The highest BCUT2D eigenvalue weighted by Crippen LogP contribution is 2.19. The fourth-order valence-corrected chi connectivity index (χ4v) is 1.71. The van der Waals surface area contributed by atoms with Gasteiger partial charge in [-0.05, 0) is 32.2 Å². The van der Waals surface area contributed by atoms with E-state index in [1.165, 1.54) is 6.07 Å². The van der Waals surface area contributed by atoms with E-state index in [1.54, 1.807) is 18.8 Å². The molecule has 0 fully saturated rings. The maximum Gasteiger partial charge on any atom is 0.191 e. The Morgan fingerprint density at radius 2 is 2.00 bits per heavy atom. The zero-order chi connectivity index (χ0) is 16.6. The van der Waals surface area contributed by atoms with Crippen molar-refractivity contribution in [1.29, 1.82) is 0 Å². The van der Waals surface area contributed by atoms with Crippen LogP contribution in [0.15, 0.2) is 23.2 Å². The van der Waals surface area contributed by atoms with E-state index < -0.39 is 11.6 Å². The van der Waals surface area contributed by atoms with Crippen molar-refractivity contribution in [2.24, 2.45) is 4.99 Å². The Balaban J connectivity index is 2.31. The quantitative estimate of drug-likeness (QED) is 0.458. The van der Waals surface area contributed by atoms with E-state index in [-0.39, 0.29) is 4.75 Å². The van der Waals surface area contributed by atoms with Gasteiger partial charge in [0.25, 0.3) is 0 Å². The van der Waals surface area contributed by atoms with Crippen molar-refractivity contribution < 1.29 is 13.5 Å². The number of guanidine groups is 1. The topological polar surface area (TPSA) is 45.7 Å². The largest absolute Gasteiger partial charge is 0.492 e. The van der Waals surface area contributed by atoms with Crippen molar-refractivity contribution >= 4 is 17.7 Å². The smallest absolute Gasteiger partial charge is 0.191 e. The van der Waals surface area contributed by atoms with Crippen molar-refractivity contribution in [3.05, 3.63) is 29.8 Å². The first-order valence-electron chi connectivity index (χ1n) is 6.95. The molecule has 22 heavy (non-hydrogen) atoms. The number of rotatable bonds is 7. The number of aliphatic imine (C=N–C) groups is 1. The second kappa shape index (κ2) is 8.82. The SMILES string of the molecule is CN=C(NCCOc1ccc(F)c(F)c1)NCC(C)(C)SC. The van der Waals surface area contributed by atoms with Gasteiger partial charge in [-0.25, -0.2) is 8.78 Å².